The molecule has 140 valence electrons. The maximum Gasteiger partial charge on any atom is 0.306 e. The fourth-order valence-corrected chi connectivity index (χ4v) is 2.89. The molecule has 27 heavy (non-hydrogen) atoms. The minimum Gasteiger partial charge on any atom is -0.502 e. The molecule has 2 heterocycles. The summed E-state index contributed by atoms with van der Waals surface area (Å²) in [5.41, 5.74) is 1.11. The van der Waals surface area contributed by atoms with Gasteiger partial charge in [0.25, 0.3) is 0 Å². The molecule has 0 fully saturated rings. The summed E-state index contributed by atoms with van der Waals surface area (Å²) in [6.07, 6.45) is 2.93. The van der Waals surface area contributed by atoms with Crippen molar-refractivity contribution in [3.8, 4) is 5.75 Å². The minimum absolute atomic E-state index is 0.0434. The third-order valence-corrected chi connectivity index (χ3v) is 4.11. The Labute approximate surface area is 154 Å². The van der Waals surface area contributed by atoms with Crippen molar-refractivity contribution in [3.05, 3.63) is 64.0 Å². The highest BCUT2D eigenvalue weighted by molar-refractivity contribution is 5.80. The van der Waals surface area contributed by atoms with E-state index in [2.05, 4.69) is 9.97 Å². The lowest BCUT2D eigenvalue weighted by atomic mass is 9.91. The third-order valence-electron chi connectivity index (χ3n) is 4.11. The van der Waals surface area contributed by atoms with Gasteiger partial charge in [0.1, 0.15) is 12.4 Å². The molecule has 2 aromatic heterocycles. The summed E-state index contributed by atoms with van der Waals surface area (Å²) in [7, 11) is 2.72. The molecule has 3 aromatic rings. The summed E-state index contributed by atoms with van der Waals surface area (Å²) in [6.45, 7) is 0.0445. The van der Waals surface area contributed by atoms with Crippen LogP contribution in [-0.4, -0.2) is 35.3 Å². The molecule has 3 rings (SSSR count). The number of nitrogens with zero attached hydrogens (tertiary/aromatic N) is 2. The van der Waals surface area contributed by atoms with Crippen molar-refractivity contribution in [3.63, 3.8) is 0 Å². The number of rotatable bonds is 6. The molecule has 8 heteroatoms. The minimum atomic E-state index is -0.789. The van der Waals surface area contributed by atoms with Gasteiger partial charge in [-0.1, -0.05) is 12.1 Å². The van der Waals surface area contributed by atoms with Crippen molar-refractivity contribution in [2.45, 2.75) is 18.9 Å². The number of aromatic nitrogens is 2. The summed E-state index contributed by atoms with van der Waals surface area (Å²) >= 11 is 0. The predicted molar refractivity (Wildman–Crippen MR) is 95.4 cm³/mol. The van der Waals surface area contributed by atoms with E-state index < -0.39 is 23.1 Å². The molecule has 0 aliphatic carbocycles. The Hall–Kier alpha value is -3.26. The van der Waals surface area contributed by atoms with Crippen LogP contribution in [0.4, 0.5) is 0 Å². The smallest absolute Gasteiger partial charge is 0.306 e. The van der Waals surface area contributed by atoms with Crippen LogP contribution in [0.15, 0.2) is 45.9 Å². The van der Waals surface area contributed by atoms with Gasteiger partial charge in [-0.2, -0.15) is 0 Å². The molecule has 0 unspecified atom stereocenters. The Morgan fingerprint density at radius 1 is 1.26 bits per heavy atom. The van der Waals surface area contributed by atoms with Crippen molar-refractivity contribution >= 4 is 17.0 Å². The highest BCUT2D eigenvalue weighted by Crippen LogP contribution is 2.36. The molecule has 1 N–H and O–H groups in total. The quantitative estimate of drug-likeness (QED) is 0.657. The second-order valence-electron chi connectivity index (χ2n) is 5.83. The van der Waals surface area contributed by atoms with E-state index in [-0.39, 0.29) is 24.5 Å². The molecule has 0 aliphatic heterocycles. The number of fused-ring (bicyclic) bond motifs is 1. The molecule has 0 saturated heterocycles. The number of esters is 1. The summed E-state index contributed by atoms with van der Waals surface area (Å²) in [4.78, 5) is 32.8. The first kappa shape index (κ1) is 18.5. The lowest BCUT2D eigenvalue weighted by Crippen LogP contribution is -2.14. The van der Waals surface area contributed by atoms with Gasteiger partial charge in [-0.15, -0.1) is 0 Å². The molecule has 0 radical (unpaired) electrons. The zero-order valence-electron chi connectivity index (χ0n) is 14.8. The van der Waals surface area contributed by atoms with Gasteiger partial charge < -0.3 is 19.0 Å². The molecule has 0 saturated carbocycles. The molecule has 0 spiro atoms. The van der Waals surface area contributed by atoms with Crippen LogP contribution in [0.5, 0.6) is 5.75 Å². The fraction of sp³-hybridized carbons (Fsp3) is 0.263. The van der Waals surface area contributed by atoms with E-state index in [1.807, 2.05) is 0 Å². The largest absolute Gasteiger partial charge is 0.502 e. The molecule has 0 aliphatic rings. The molecule has 1 atom stereocenters. The van der Waals surface area contributed by atoms with E-state index >= 15 is 0 Å². The standard InChI is InChI=1S/C19H18N2O6/c1-25-10-11-8-15(22)18(24)19(27-11)13(9-16(23)26-2)12-4-3-5-14-17(12)21-7-6-20-14/h3-8,13,24H,9-10H2,1-2H3/t13-/m1/s1. The fourth-order valence-electron chi connectivity index (χ4n) is 2.89. The average Bonchev–Trinajstić information content (AvgIpc) is 2.68. The molecule has 0 amide bonds. The normalized spacial score (nSPS) is 12.1. The Bertz CT molecular complexity index is 1020. The van der Waals surface area contributed by atoms with Crippen LogP contribution < -0.4 is 5.43 Å². The van der Waals surface area contributed by atoms with E-state index in [0.717, 1.165) is 6.07 Å². The first-order chi connectivity index (χ1) is 13.0. The van der Waals surface area contributed by atoms with Crippen molar-refractivity contribution in [2.24, 2.45) is 0 Å². The van der Waals surface area contributed by atoms with E-state index in [1.165, 1.54) is 20.4 Å². The van der Waals surface area contributed by atoms with Gasteiger partial charge in [0.2, 0.25) is 11.2 Å². The first-order valence-electron chi connectivity index (χ1n) is 8.16. The zero-order chi connectivity index (χ0) is 19.4. The number of benzene rings is 1. The van der Waals surface area contributed by atoms with Gasteiger partial charge in [-0.25, -0.2) is 0 Å². The van der Waals surface area contributed by atoms with Gasteiger partial charge in [0.15, 0.2) is 5.76 Å². The van der Waals surface area contributed by atoms with E-state index in [4.69, 9.17) is 13.9 Å². The number of aromatic hydroxyl groups is 1. The van der Waals surface area contributed by atoms with Crippen molar-refractivity contribution < 1.29 is 23.8 Å². The Kier molecular flexibility index (Phi) is 5.46. The van der Waals surface area contributed by atoms with Crippen LogP contribution in [-0.2, 0) is 20.9 Å². The molecule has 1 aromatic carbocycles. The number of carbonyl (C=O) groups is 1. The van der Waals surface area contributed by atoms with Gasteiger partial charge in [-0.3, -0.25) is 19.6 Å². The van der Waals surface area contributed by atoms with Crippen molar-refractivity contribution in [2.75, 3.05) is 14.2 Å². The summed E-state index contributed by atoms with van der Waals surface area (Å²) in [5.74, 6) is -1.69. The number of para-hydroxylation sites is 1. The highest BCUT2D eigenvalue weighted by Gasteiger charge is 2.28. The SMILES string of the molecule is COCc1cc(=O)c(O)c([C@H](CC(=O)OC)c2cccc3nccnc23)o1. The maximum absolute atomic E-state index is 12.2. The first-order valence-corrected chi connectivity index (χ1v) is 8.16. The van der Waals surface area contributed by atoms with Gasteiger partial charge in [0.05, 0.1) is 30.5 Å². The van der Waals surface area contributed by atoms with Crippen LogP contribution in [0.2, 0.25) is 0 Å². The number of methoxy groups -OCH3 is 2. The van der Waals surface area contributed by atoms with Gasteiger partial charge in [-0.05, 0) is 11.6 Å². The van der Waals surface area contributed by atoms with E-state index in [9.17, 15) is 14.7 Å². The summed E-state index contributed by atoms with van der Waals surface area (Å²) < 4.78 is 15.5. The summed E-state index contributed by atoms with van der Waals surface area (Å²) in [6, 6.07) is 6.43. The van der Waals surface area contributed by atoms with E-state index in [0.29, 0.717) is 16.6 Å². The third kappa shape index (κ3) is 3.80. The molecule has 8 nitrogen and oxygen atoms in total. The second-order valence-corrected chi connectivity index (χ2v) is 5.83. The van der Waals surface area contributed by atoms with Crippen LogP contribution in [0, 0.1) is 0 Å². The van der Waals surface area contributed by atoms with Crippen LogP contribution in [0.1, 0.15) is 29.4 Å². The zero-order valence-corrected chi connectivity index (χ0v) is 14.8. The van der Waals surface area contributed by atoms with Crippen LogP contribution >= 0.6 is 0 Å². The van der Waals surface area contributed by atoms with Crippen molar-refractivity contribution in [1.82, 2.24) is 9.97 Å². The molecule has 0 bridgehead atoms. The Morgan fingerprint density at radius 3 is 2.78 bits per heavy atom. The second kappa shape index (κ2) is 7.96. The monoisotopic (exact) mass is 370 g/mol. The van der Waals surface area contributed by atoms with Gasteiger partial charge in [0, 0.05) is 25.6 Å². The number of carbonyl (C=O) groups excluding carboxylic acids is 1. The number of hydrogen-bond donors (Lipinski definition) is 1. The molecular weight excluding hydrogens is 352 g/mol. The average molecular weight is 370 g/mol. The lowest BCUT2D eigenvalue weighted by Gasteiger charge is -2.18. The number of hydrogen-bond acceptors (Lipinski definition) is 8. The number of ether oxygens (including phenoxy) is 2. The van der Waals surface area contributed by atoms with Crippen LogP contribution in [0.3, 0.4) is 0 Å². The van der Waals surface area contributed by atoms with E-state index in [1.54, 1.807) is 24.4 Å². The Morgan fingerprint density at radius 2 is 2.04 bits per heavy atom. The van der Waals surface area contributed by atoms with Crippen molar-refractivity contribution in [1.29, 1.82) is 0 Å². The van der Waals surface area contributed by atoms with Crippen LogP contribution in [0.25, 0.3) is 11.0 Å². The van der Waals surface area contributed by atoms with Gasteiger partial charge >= 0.3 is 5.97 Å². The maximum atomic E-state index is 12.2. The highest BCUT2D eigenvalue weighted by atomic mass is 16.5. The lowest BCUT2D eigenvalue weighted by molar-refractivity contribution is -0.140. The molecular formula is C19H18N2O6. The topological polar surface area (TPSA) is 112 Å². The summed E-state index contributed by atoms with van der Waals surface area (Å²) in [5, 5.41) is 10.3. The predicted octanol–water partition coefficient (Wildman–Crippen LogP) is 2.13. The Balaban J connectivity index is 2.23.